The van der Waals surface area contributed by atoms with Crippen molar-refractivity contribution in [1.82, 2.24) is 9.21 Å². The molecule has 0 aromatic heterocycles. The third-order valence-electron chi connectivity index (χ3n) is 5.30. The minimum absolute atomic E-state index is 0.395. The summed E-state index contributed by atoms with van der Waals surface area (Å²) in [6.45, 7) is 2.30. The molecule has 0 bridgehead atoms. The number of hydrogen-bond acceptors (Lipinski definition) is 3. The van der Waals surface area contributed by atoms with Gasteiger partial charge in [0, 0.05) is 31.6 Å². The lowest BCUT2D eigenvalue weighted by Crippen LogP contribution is -2.51. The van der Waals surface area contributed by atoms with Gasteiger partial charge in [-0.15, -0.1) is 12.3 Å². The van der Waals surface area contributed by atoms with Crippen molar-refractivity contribution in [3.8, 4) is 12.3 Å². The highest BCUT2D eigenvalue weighted by atomic mass is 32.2. The van der Waals surface area contributed by atoms with Crippen LogP contribution in [0.2, 0.25) is 0 Å². The summed E-state index contributed by atoms with van der Waals surface area (Å²) in [7, 11) is -3.36. The van der Waals surface area contributed by atoms with E-state index in [-0.39, 0.29) is 0 Å². The molecule has 1 atom stereocenters. The van der Waals surface area contributed by atoms with Gasteiger partial charge >= 0.3 is 0 Å². The summed E-state index contributed by atoms with van der Waals surface area (Å²) in [4.78, 5) is 2.95. The lowest BCUT2D eigenvalue weighted by molar-refractivity contribution is 0.0674. The average molecular weight is 346 g/mol. The lowest BCUT2D eigenvalue weighted by Gasteiger charge is -2.44. The first-order valence-corrected chi connectivity index (χ1v) is 10.3. The second-order valence-corrected chi connectivity index (χ2v) is 8.68. The zero-order valence-corrected chi connectivity index (χ0v) is 14.9. The molecule has 1 aromatic rings. The standard InChI is InChI=1S/C19H26N2O2S/c1-2-8-17-9-6-7-14-21(17)18-12-15-20(16-13-18)24(22,23)19-10-4-3-5-11-19/h1,3-5,10-11,17-18H,6-9,12-16H2/t17-/m0/s1. The van der Waals surface area contributed by atoms with E-state index in [1.54, 1.807) is 28.6 Å². The van der Waals surface area contributed by atoms with Gasteiger partial charge in [0.25, 0.3) is 0 Å². The molecular weight excluding hydrogens is 320 g/mol. The van der Waals surface area contributed by atoms with Gasteiger partial charge in [0.05, 0.1) is 4.90 Å². The number of nitrogens with zero attached hydrogens (tertiary/aromatic N) is 2. The maximum absolute atomic E-state index is 12.7. The third kappa shape index (κ3) is 3.66. The first kappa shape index (κ1) is 17.5. The van der Waals surface area contributed by atoms with Crippen LogP contribution in [0.3, 0.4) is 0 Å². The van der Waals surface area contributed by atoms with Crippen LogP contribution in [0.25, 0.3) is 0 Å². The van der Waals surface area contributed by atoms with E-state index in [4.69, 9.17) is 6.42 Å². The third-order valence-corrected chi connectivity index (χ3v) is 7.21. The van der Waals surface area contributed by atoms with Gasteiger partial charge in [0.1, 0.15) is 0 Å². The fourth-order valence-corrected chi connectivity index (χ4v) is 5.51. The Kier molecular flexibility index (Phi) is 5.60. The van der Waals surface area contributed by atoms with Gasteiger partial charge < -0.3 is 0 Å². The van der Waals surface area contributed by atoms with Gasteiger partial charge in [-0.3, -0.25) is 4.90 Å². The van der Waals surface area contributed by atoms with Crippen LogP contribution in [0, 0.1) is 12.3 Å². The fraction of sp³-hybridized carbons (Fsp3) is 0.579. The topological polar surface area (TPSA) is 40.6 Å². The summed E-state index contributed by atoms with van der Waals surface area (Å²) < 4.78 is 27.1. The quantitative estimate of drug-likeness (QED) is 0.787. The Morgan fingerprint density at radius 3 is 2.42 bits per heavy atom. The average Bonchev–Trinajstić information content (AvgIpc) is 2.63. The summed E-state index contributed by atoms with van der Waals surface area (Å²) in [5.74, 6) is 2.81. The Balaban J connectivity index is 1.64. The van der Waals surface area contributed by atoms with E-state index < -0.39 is 10.0 Å². The van der Waals surface area contributed by atoms with E-state index in [1.807, 2.05) is 6.07 Å². The van der Waals surface area contributed by atoms with Crippen molar-refractivity contribution in [3.63, 3.8) is 0 Å². The molecule has 0 radical (unpaired) electrons. The minimum Gasteiger partial charge on any atom is -0.296 e. The summed E-state index contributed by atoms with van der Waals surface area (Å²) >= 11 is 0. The van der Waals surface area contributed by atoms with E-state index >= 15 is 0 Å². The Hall–Kier alpha value is -1.35. The highest BCUT2D eigenvalue weighted by molar-refractivity contribution is 7.89. The molecule has 0 unspecified atom stereocenters. The first-order chi connectivity index (χ1) is 11.6. The fourth-order valence-electron chi connectivity index (χ4n) is 4.01. The number of terminal acetylenes is 1. The molecule has 24 heavy (non-hydrogen) atoms. The normalized spacial score (nSPS) is 24.5. The van der Waals surface area contributed by atoms with Crippen LogP contribution in [0.5, 0.6) is 0 Å². The van der Waals surface area contributed by atoms with Crippen molar-refractivity contribution in [3.05, 3.63) is 30.3 Å². The van der Waals surface area contributed by atoms with Crippen molar-refractivity contribution >= 4 is 10.0 Å². The Labute approximate surface area is 145 Å². The lowest BCUT2D eigenvalue weighted by atomic mass is 9.94. The van der Waals surface area contributed by atoms with Crippen LogP contribution in [0.4, 0.5) is 0 Å². The minimum atomic E-state index is -3.36. The number of sulfonamides is 1. The molecule has 0 aliphatic carbocycles. The molecule has 4 nitrogen and oxygen atoms in total. The van der Waals surface area contributed by atoms with Gasteiger partial charge in [-0.05, 0) is 44.4 Å². The Morgan fingerprint density at radius 2 is 1.75 bits per heavy atom. The van der Waals surface area contributed by atoms with Crippen LogP contribution in [0.1, 0.15) is 38.5 Å². The number of likely N-dealkylation sites (tertiary alicyclic amines) is 1. The zero-order valence-electron chi connectivity index (χ0n) is 14.1. The molecule has 0 amide bonds. The van der Waals surface area contributed by atoms with Gasteiger partial charge in [0.2, 0.25) is 10.0 Å². The van der Waals surface area contributed by atoms with E-state index in [2.05, 4.69) is 10.8 Å². The van der Waals surface area contributed by atoms with Crippen LogP contribution in [0.15, 0.2) is 35.2 Å². The van der Waals surface area contributed by atoms with E-state index in [1.165, 1.54) is 19.3 Å². The van der Waals surface area contributed by atoms with E-state index in [9.17, 15) is 8.42 Å². The van der Waals surface area contributed by atoms with E-state index in [0.717, 1.165) is 25.8 Å². The maximum Gasteiger partial charge on any atom is 0.243 e. The number of benzene rings is 1. The van der Waals surface area contributed by atoms with Crippen molar-refractivity contribution < 1.29 is 8.42 Å². The molecule has 0 saturated carbocycles. The Morgan fingerprint density at radius 1 is 1.04 bits per heavy atom. The molecule has 130 valence electrons. The maximum atomic E-state index is 12.7. The van der Waals surface area contributed by atoms with E-state index in [0.29, 0.717) is 30.1 Å². The molecular formula is C19H26N2O2S. The summed E-state index contributed by atoms with van der Waals surface area (Å²) in [6, 6.07) is 9.68. The molecule has 2 aliphatic rings. The highest BCUT2D eigenvalue weighted by Gasteiger charge is 2.34. The molecule has 0 spiro atoms. The molecule has 1 aromatic carbocycles. The van der Waals surface area contributed by atoms with Crippen molar-refractivity contribution in [1.29, 1.82) is 0 Å². The molecule has 2 aliphatic heterocycles. The molecule has 3 rings (SSSR count). The summed E-state index contributed by atoms with van der Waals surface area (Å²) in [5.41, 5.74) is 0. The van der Waals surface area contributed by atoms with Crippen LogP contribution in [-0.2, 0) is 10.0 Å². The van der Waals surface area contributed by atoms with Crippen molar-refractivity contribution in [2.24, 2.45) is 0 Å². The van der Waals surface area contributed by atoms with Crippen molar-refractivity contribution in [2.45, 2.75) is 55.5 Å². The Bertz CT molecular complexity index is 673. The number of piperidine rings is 2. The predicted octanol–water partition coefficient (Wildman–Crippen LogP) is 2.72. The van der Waals surface area contributed by atoms with Crippen LogP contribution < -0.4 is 0 Å². The second kappa shape index (κ2) is 7.69. The zero-order chi connectivity index (χ0) is 17.0. The number of rotatable bonds is 4. The van der Waals surface area contributed by atoms with Crippen LogP contribution in [-0.4, -0.2) is 49.3 Å². The van der Waals surface area contributed by atoms with Gasteiger partial charge in [-0.25, -0.2) is 8.42 Å². The largest absolute Gasteiger partial charge is 0.296 e. The van der Waals surface area contributed by atoms with Crippen LogP contribution >= 0.6 is 0 Å². The predicted molar refractivity (Wildman–Crippen MR) is 96.0 cm³/mol. The van der Waals surface area contributed by atoms with Crippen molar-refractivity contribution in [2.75, 3.05) is 19.6 Å². The SMILES string of the molecule is C#CC[C@H]1CCCCN1C1CCN(S(=O)(=O)c2ccccc2)CC1. The first-order valence-electron chi connectivity index (χ1n) is 8.87. The molecule has 2 heterocycles. The monoisotopic (exact) mass is 346 g/mol. The summed E-state index contributed by atoms with van der Waals surface area (Å²) in [6.07, 6.45) is 11.8. The van der Waals surface area contributed by atoms with Gasteiger partial charge in [-0.1, -0.05) is 24.6 Å². The highest BCUT2D eigenvalue weighted by Crippen LogP contribution is 2.28. The molecule has 2 fully saturated rings. The molecule has 2 saturated heterocycles. The second-order valence-electron chi connectivity index (χ2n) is 6.74. The smallest absolute Gasteiger partial charge is 0.243 e. The number of hydrogen-bond donors (Lipinski definition) is 0. The molecule has 5 heteroatoms. The molecule has 0 N–H and O–H groups in total. The summed E-state index contributed by atoms with van der Waals surface area (Å²) in [5, 5.41) is 0. The van der Waals surface area contributed by atoms with Gasteiger partial charge in [0.15, 0.2) is 0 Å². The van der Waals surface area contributed by atoms with Gasteiger partial charge in [-0.2, -0.15) is 4.31 Å².